The van der Waals surface area contributed by atoms with Crippen molar-refractivity contribution in [2.24, 2.45) is 40.4 Å². The number of nitrogens with zero attached hydrogens (tertiary/aromatic N) is 1. The fraction of sp³-hybridized carbons (Fsp3) is 0.349. The van der Waals surface area contributed by atoms with Crippen molar-refractivity contribution in [2.45, 2.75) is 169 Å². The van der Waals surface area contributed by atoms with Crippen molar-refractivity contribution in [3.8, 4) is 0 Å². The summed E-state index contributed by atoms with van der Waals surface area (Å²) < 4.78 is 184. The summed E-state index contributed by atoms with van der Waals surface area (Å²) in [5.74, 6) is -0.0137. The van der Waals surface area contributed by atoms with Crippen molar-refractivity contribution in [3.05, 3.63) is 277 Å². The highest BCUT2D eigenvalue weighted by atomic mass is 32.3. The number of hydrogen-bond acceptors (Lipinski definition) is 15. The maximum atomic E-state index is 13.5. The summed E-state index contributed by atoms with van der Waals surface area (Å²) in [6.45, 7) is 0.00841. The highest BCUT2D eigenvalue weighted by Crippen LogP contribution is 2.63. The minimum absolute atomic E-state index is 0.0146. The molecule has 18 rings (SSSR count). The first kappa shape index (κ1) is 87.1. The van der Waals surface area contributed by atoms with Crippen molar-refractivity contribution in [1.82, 2.24) is 0 Å². The van der Waals surface area contributed by atoms with E-state index in [1.165, 1.54) is 44.1 Å². The molecule has 8 saturated carbocycles. The Kier molecular flexibility index (Phi) is 28.8. The number of benzene rings is 9. The number of esters is 2. The Hall–Kier alpha value is -7.74. The summed E-state index contributed by atoms with van der Waals surface area (Å²) in [7, 11) is -19.3. The molecule has 8 bridgehead atoms. The van der Waals surface area contributed by atoms with Crippen LogP contribution in [0.4, 0.5) is 22.0 Å². The van der Waals surface area contributed by atoms with Gasteiger partial charge in [-0.2, -0.15) is 17.6 Å². The Morgan fingerprint density at radius 2 is 0.693 bits per heavy atom. The van der Waals surface area contributed by atoms with Crippen LogP contribution in [-0.4, -0.2) is 106 Å². The van der Waals surface area contributed by atoms with Crippen LogP contribution in [0.15, 0.2) is 317 Å². The van der Waals surface area contributed by atoms with E-state index in [1.807, 2.05) is 0 Å². The molecule has 1 N–H and O–H groups in total. The largest absolute Gasteiger partial charge is 0.743 e. The van der Waals surface area contributed by atoms with E-state index >= 15 is 0 Å². The minimum Gasteiger partial charge on any atom is -0.743 e. The van der Waals surface area contributed by atoms with Gasteiger partial charge in [0.25, 0.3) is 0 Å². The van der Waals surface area contributed by atoms with E-state index in [2.05, 4.69) is 277 Å². The van der Waals surface area contributed by atoms with Crippen molar-refractivity contribution >= 4 is 84.9 Å². The van der Waals surface area contributed by atoms with Gasteiger partial charge in [0.2, 0.25) is 0 Å². The normalized spacial score (nSPS) is 23.8. The smallest absolute Gasteiger partial charge is 0.369 e. The van der Waals surface area contributed by atoms with Gasteiger partial charge in [-0.1, -0.05) is 164 Å². The topological polar surface area (TPSA) is 270 Å². The fourth-order valence-corrected chi connectivity index (χ4v) is 27.4. The molecule has 9 aromatic rings. The lowest BCUT2D eigenvalue weighted by atomic mass is 9.48. The van der Waals surface area contributed by atoms with E-state index in [4.69, 9.17) is 9.47 Å². The number of carbonyl (C=O) groups is 2. The van der Waals surface area contributed by atoms with E-state index in [0.29, 0.717) is 62.7 Å². The zero-order chi connectivity index (χ0) is 81.6. The molecule has 0 radical (unpaired) electrons. The first-order valence-corrected chi connectivity index (χ1v) is 47.2. The number of sulfonamides is 2. The van der Waals surface area contributed by atoms with Gasteiger partial charge in [-0.3, -0.25) is 9.59 Å². The Bertz CT molecular complexity index is 4450. The molecule has 0 spiro atoms. The van der Waals surface area contributed by atoms with Gasteiger partial charge in [0.1, 0.15) is 0 Å². The molecule has 9 aromatic carbocycles. The molecule has 606 valence electrons. The van der Waals surface area contributed by atoms with Gasteiger partial charge in [0, 0.05) is 17.9 Å². The summed E-state index contributed by atoms with van der Waals surface area (Å²) in [4.78, 5) is 37.1. The summed E-state index contributed by atoms with van der Waals surface area (Å²) in [6.07, 6.45) is 2.23. The van der Waals surface area contributed by atoms with Crippen LogP contribution in [0, 0.1) is 40.4 Å². The zero-order valence-electron chi connectivity index (χ0n) is 62.4. The standard InChI is InChI=1S/3C18H15S.C15H21F3O6S.C14H20F2O5S.C3H6NO4S2/c3*1-4-10-16(11-5-1)19(17-12-6-2-7-13-17)18-14-8-3-9-15-18;16-11(15(17,18)25(21,22)23)1-2-24-12(19)13-4-9-3-10(5-13)7-14(20,6-9)8-13;1-8(14(15,16)22(18,19)20)21-12(17)13-5-9-2-10(6-13)4-11(3-9)7-13;5-9(6)2-1-3-10(7,8)4-9/h3*1-15H;9-11,20H,1-8H2,(H,21,22,23);8-11H,2-7H2,1H3,(H,18,19,20);1-3H2/q3*+1;;;-1/p-2. The van der Waals surface area contributed by atoms with E-state index < -0.39 is 104 Å². The molecular formula is C86H90F5NO15S7. The van der Waals surface area contributed by atoms with Gasteiger partial charge in [-0.15, -0.1) is 0 Å². The average molecular weight is 1700 g/mol. The van der Waals surface area contributed by atoms with E-state index in [1.54, 1.807) is 0 Å². The maximum absolute atomic E-state index is 13.5. The number of alkyl halides is 5. The first-order chi connectivity index (χ1) is 54.2. The monoisotopic (exact) mass is 1700 g/mol. The third kappa shape index (κ3) is 22.3. The Balaban J connectivity index is 0.000000137. The molecule has 16 nitrogen and oxygen atoms in total. The number of ether oxygens (including phenoxy) is 2. The number of aliphatic hydroxyl groups is 1. The van der Waals surface area contributed by atoms with Crippen LogP contribution in [0.2, 0.25) is 0 Å². The minimum atomic E-state index is -6.13. The second-order valence-electron chi connectivity index (χ2n) is 29.9. The molecule has 9 fully saturated rings. The quantitative estimate of drug-likeness (QED) is 0.0341. The molecule has 8 aliphatic carbocycles. The summed E-state index contributed by atoms with van der Waals surface area (Å²) in [5, 5.41) is 0.892. The number of halogens is 5. The Labute approximate surface area is 673 Å². The summed E-state index contributed by atoms with van der Waals surface area (Å²) in [6, 6.07) is 96.5. The van der Waals surface area contributed by atoms with Gasteiger partial charge >= 0.3 is 22.4 Å². The van der Waals surface area contributed by atoms with Gasteiger partial charge in [0.05, 0.1) is 75.8 Å². The lowest BCUT2D eigenvalue weighted by molar-refractivity contribution is -0.196. The van der Waals surface area contributed by atoms with Crippen LogP contribution in [0.3, 0.4) is 0 Å². The molecule has 4 unspecified atom stereocenters. The molecule has 1 aliphatic heterocycles. The van der Waals surface area contributed by atoms with Crippen LogP contribution < -0.4 is 0 Å². The predicted molar refractivity (Wildman–Crippen MR) is 428 cm³/mol. The van der Waals surface area contributed by atoms with Crippen LogP contribution in [0.1, 0.15) is 96.8 Å². The van der Waals surface area contributed by atoms with Gasteiger partial charge in [-0.25, -0.2) is 38.1 Å². The van der Waals surface area contributed by atoms with Crippen molar-refractivity contribution in [3.63, 3.8) is 0 Å². The van der Waals surface area contributed by atoms with Crippen molar-refractivity contribution < 1.29 is 88.9 Å². The fourth-order valence-electron chi connectivity index (χ4n) is 17.0. The maximum Gasteiger partial charge on any atom is 0.369 e. The molecule has 0 aromatic heterocycles. The SMILES string of the molecule is CC(OC(=O)C12CC3CC(CC(C3)C1)C2)C(F)(F)S(=O)(=O)[O-].O=C(OCCC(F)C(F)(F)S(=O)(=O)[O-])C12CC3CC(CC(O)(C3)C1)C2.O=S1(=O)CCCS(=O)(=O)[N-]1.c1ccc([S+](c2ccccc2)c2ccccc2)cc1.c1ccc([S+](c2ccccc2)c2ccccc2)cc1.c1ccc([S+](c2ccccc2)c2ccccc2)cc1. The highest BCUT2D eigenvalue weighted by Gasteiger charge is 2.62. The Morgan fingerprint density at radius 1 is 0.439 bits per heavy atom. The van der Waals surface area contributed by atoms with Gasteiger partial charge in [0.15, 0.2) is 76.6 Å². The molecule has 1 saturated heterocycles. The third-order valence-electron chi connectivity index (χ3n) is 21.2. The molecule has 114 heavy (non-hydrogen) atoms. The predicted octanol–water partition coefficient (Wildman–Crippen LogP) is 17.8. The third-order valence-corrected chi connectivity index (χ3v) is 33.2. The van der Waals surface area contributed by atoms with Crippen LogP contribution >= 0.6 is 0 Å². The van der Waals surface area contributed by atoms with Crippen LogP contribution in [0.25, 0.3) is 4.13 Å². The van der Waals surface area contributed by atoms with Gasteiger partial charge < -0.3 is 27.8 Å². The molecule has 28 heteroatoms. The van der Waals surface area contributed by atoms with Crippen molar-refractivity contribution in [2.75, 3.05) is 18.1 Å². The Morgan fingerprint density at radius 3 is 0.930 bits per heavy atom. The lowest BCUT2D eigenvalue weighted by Gasteiger charge is -2.58. The molecule has 4 atom stereocenters. The molecule has 1 heterocycles. The first-order valence-electron chi connectivity index (χ1n) is 37.5. The average Bonchev–Trinajstić information content (AvgIpc) is 0.729. The highest BCUT2D eigenvalue weighted by molar-refractivity contribution is 8.12. The summed E-state index contributed by atoms with van der Waals surface area (Å²) >= 11 is 0. The number of rotatable bonds is 19. The summed E-state index contributed by atoms with van der Waals surface area (Å²) in [5.41, 5.74) is -2.54. The molecule has 9 aliphatic rings. The number of carbonyl (C=O) groups excluding carboxylic acids is 2. The second-order valence-corrected chi connectivity index (χ2v) is 42.6. The lowest BCUT2D eigenvalue weighted by Crippen LogP contribution is -2.58. The van der Waals surface area contributed by atoms with Gasteiger partial charge in [-0.05, 0) is 229 Å². The number of hydrogen-bond donors (Lipinski definition) is 1. The van der Waals surface area contributed by atoms with E-state index in [9.17, 15) is 79.4 Å². The molecule has 0 amide bonds. The zero-order valence-corrected chi connectivity index (χ0v) is 68.1. The second kappa shape index (κ2) is 37.7. The van der Waals surface area contributed by atoms with E-state index in [0.717, 1.165) is 32.6 Å². The molecular weight excluding hydrogens is 1610 g/mol. The van der Waals surface area contributed by atoms with Crippen molar-refractivity contribution in [1.29, 1.82) is 0 Å². The van der Waals surface area contributed by atoms with E-state index in [-0.39, 0.29) is 68.9 Å². The van der Waals surface area contributed by atoms with Crippen LogP contribution in [0.5, 0.6) is 0 Å². The van der Waals surface area contributed by atoms with Crippen LogP contribution in [-0.2, 0) is 92.0 Å².